The van der Waals surface area contributed by atoms with E-state index in [1.165, 1.54) is 0 Å². The first kappa shape index (κ1) is 13.4. The van der Waals surface area contributed by atoms with Crippen molar-refractivity contribution < 1.29 is 0 Å². The Bertz CT molecular complexity index is 179. The molecule has 1 N–H and O–H groups in total. The SMILES string of the molecule is CN(C)CCNCCCC(C)(C)C#N. The van der Waals surface area contributed by atoms with E-state index in [2.05, 4.69) is 30.4 Å². The molecule has 0 fully saturated rings. The van der Waals surface area contributed by atoms with Crippen LogP contribution < -0.4 is 5.32 Å². The molecular weight excluding hydrogens is 174 g/mol. The van der Waals surface area contributed by atoms with Gasteiger partial charge in [0.1, 0.15) is 0 Å². The summed E-state index contributed by atoms with van der Waals surface area (Å²) in [5.74, 6) is 0. The summed E-state index contributed by atoms with van der Waals surface area (Å²) in [6, 6.07) is 2.31. The van der Waals surface area contributed by atoms with Gasteiger partial charge in [0, 0.05) is 13.1 Å². The number of nitrogens with one attached hydrogen (secondary N) is 1. The zero-order valence-electron chi connectivity index (χ0n) is 9.93. The zero-order valence-corrected chi connectivity index (χ0v) is 9.93. The smallest absolute Gasteiger partial charge is 0.0683 e. The number of hydrogen-bond acceptors (Lipinski definition) is 3. The van der Waals surface area contributed by atoms with E-state index in [1.807, 2.05) is 13.8 Å². The lowest BCUT2D eigenvalue weighted by atomic mass is 9.90. The minimum Gasteiger partial charge on any atom is -0.315 e. The summed E-state index contributed by atoms with van der Waals surface area (Å²) >= 11 is 0. The molecule has 0 aliphatic heterocycles. The van der Waals surface area contributed by atoms with Gasteiger partial charge in [0.2, 0.25) is 0 Å². The second-order valence-electron chi connectivity index (χ2n) is 4.65. The molecule has 0 aromatic heterocycles. The summed E-state index contributed by atoms with van der Waals surface area (Å²) < 4.78 is 0. The van der Waals surface area contributed by atoms with Gasteiger partial charge in [0.05, 0.1) is 11.5 Å². The minimum atomic E-state index is -0.163. The van der Waals surface area contributed by atoms with Crippen LogP contribution >= 0.6 is 0 Å². The summed E-state index contributed by atoms with van der Waals surface area (Å²) in [7, 11) is 4.14. The van der Waals surface area contributed by atoms with Gasteiger partial charge in [-0.1, -0.05) is 0 Å². The lowest BCUT2D eigenvalue weighted by molar-refractivity contribution is 0.388. The largest absolute Gasteiger partial charge is 0.315 e. The van der Waals surface area contributed by atoms with Crippen molar-refractivity contribution in [1.29, 1.82) is 5.26 Å². The molecule has 0 heterocycles. The number of hydrogen-bond donors (Lipinski definition) is 1. The summed E-state index contributed by atoms with van der Waals surface area (Å²) in [5.41, 5.74) is -0.163. The number of nitriles is 1. The molecule has 14 heavy (non-hydrogen) atoms. The zero-order chi connectivity index (χ0) is 11.0. The van der Waals surface area contributed by atoms with Crippen molar-refractivity contribution in [3.63, 3.8) is 0 Å². The van der Waals surface area contributed by atoms with Crippen LogP contribution in [0.2, 0.25) is 0 Å². The quantitative estimate of drug-likeness (QED) is 0.628. The Morgan fingerprint density at radius 1 is 1.29 bits per heavy atom. The Labute approximate surface area is 88.1 Å². The lowest BCUT2D eigenvalue weighted by Crippen LogP contribution is -2.27. The summed E-state index contributed by atoms with van der Waals surface area (Å²) in [6.45, 7) is 7.10. The number of rotatable bonds is 7. The second-order valence-corrected chi connectivity index (χ2v) is 4.65. The topological polar surface area (TPSA) is 39.1 Å². The van der Waals surface area contributed by atoms with Crippen molar-refractivity contribution in [2.45, 2.75) is 26.7 Å². The third kappa shape index (κ3) is 8.03. The maximum atomic E-state index is 8.79. The van der Waals surface area contributed by atoms with E-state index in [1.54, 1.807) is 0 Å². The molecule has 3 heteroatoms. The van der Waals surface area contributed by atoms with E-state index >= 15 is 0 Å². The molecule has 0 rings (SSSR count). The average Bonchev–Trinajstić information content (AvgIpc) is 2.10. The third-order valence-electron chi connectivity index (χ3n) is 2.19. The highest BCUT2D eigenvalue weighted by Gasteiger charge is 2.14. The fourth-order valence-corrected chi connectivity index (χ4v) is 1.14. The van der Waals surface area contributed by atoms with Crippen molar-refractivity contribution >= 4 is 0 Å². The van der Waals surface area contributed by atoms with Gasteiger partial charge in [-0.25, -0.2) is 0 Å². The highest BCUT2D eigenvalue weighted by molar-refractivity contribution is 4.91. The molecule has 0 aliphatic rings. The van der Waals surface area contributed by atoms with Crippen LogP contribution in [0.25, 0.3) is 0 Å². The van der Waals surface area contributed by atoms with Crippen LogP contribution in [-0.2, 0) is 0 Å². The van der Waals surface area contributed by atoms with E-state index in [4.69, 9.17) is 5.26 Å². The van der Waals surface area contributed by atoms with Crippen molar-refractivity contribution in [2.75, 3.05) is 33.7 Å². The minimum absolute atomic E-state index is 0.163. The van der Waals surface area contributed by atoms with Crippen molar-refractivity contribution in [1.82, 2.24) is 10.2 Å². The van der Waals surface area contributed by atoms with Crippen LogP contribution in [0.4, 0.5) is 0 Å². The molecular formula is C11H23N3. The molecule has 0 amide bonds. The van der Waals surface area contributed by atoms with Crippen LogP contribution in [0.1, 0.15) is 26.7 Å². The van der Waals surface area contributed by atoms with Gasteiger partial charge in [0.25, 0.3) is 0 Å². The lowest BCUT2D eigenvalue weighted by Gasteiger charge is -2.15. The summed E-state index contributed by atoms with van der Waals surface area (Å²) in [6.07, 6.45) is 2.05. The molecule has 0 saturated heterocycles. The highest BCUT2D eigenvalue weighted by Crippen LogP contribution is 2.19. The summed E-state index contributed by atoms with van der Waals surface area (Å²) in [4.78, 5) is 2.16. The Morgan fingerprint density at radius 3 is 2.43 bits per heavy atom. The maximum Gasteiger partial charge on any atom is 0.0683 e. The fraction of sp³-hybridized carbons (Fsp3) is 0.909. The third-order valence-corrected chi connectivity index (χ3v) is 2.19. The first-order valence-corrected chi connectivity index (χ1v) is 5.24. The first-order valence-electron chi connectivity index (χ1n) is 5.24. The molecule has 0 aromatic carbocycles. The van der Waals surface area contributed by atoms with Crippen molar-refractivity contribution in [3.05, 3.63) is 0 Å². The van der Waals surface area contributed by atoms with Crippen molar-refractivity contribution in [2.24, 2.45) is 5.41 Å². The molecule has 0 radical (unpaired) electrons. The predicted octanol–water partition coefficient (Wildman–Crippen LogP) is 1.47. The molecule has 0 atom stereocenters. The fourth-order valence-electron chi connectivity index (χ4n) is 1.14. The standard InChI is InChI=1S/C11H23N3/c1-11(2,10-12)6-5-7-13-8-9-14(3)4/h13H,5-9H2,1-4H3. The van der Waals surface area contributed by atoms with Gasteiger partial charge in [-0.3, -0.25) is 0 Å². The predicted molar refractivity (Wildman–Crippen MR) is 60.1 cm³/mol. The number of nitrogens with zero attached hydrogens (tertiary/aromatic N) is 2. The normalized spacial score (nSPS) is 11.7. The van der Waals surface area contributed by atoms with Gasteiger partial charge in [-0.15, -0.1) is 0 Å². The van der Waals surface area contributed by atoms with Gasteiger partial charge in [-0.05, 0) is 47.3 Å². The molecule has 0 spiro atoms. The molecule has 82 valence electrons. The molecule has 0 bridgehead atoms. The van der Waals surface area contributed by atoms with E-state index in [0.717, 1.165) is 32.5 Å². The Morgan fingerprint density at radius 2 is 1.93 bits per heavy atom. The van der Waals surface area contributed by atoms with Crippen LogP contribution in [0.15, 0.2) is 0 Å². The maximum absolute atomic E-state index is 8.79. The van der Waals surface area contributed by atoms with Crippen molar-refractivity contribution in [3.8, 4) is 6.07 Å². The molecule has 0 saturated carbocycles. The number of likely N-dealkylation sites (N-methyl/N-ethyl adjacent to an activating group) is 1. The Hall–Kier alpha value is -0.590. The average molecular weight is 197 g/mol. The van der Waals surface area contributed by atoms with E-state index in [-0.39, 0.29) is 5.41 Å². The Balaban J connectivity index is 3.27. The second kappa shape index (κ2) is 6.80. The van der Waals surface area contributed by atoms with E-state index < -0.39 is 0 Å². The molecule has 0 unspecified atom stereocenters. The van der Waals surface area contributed by atoms with Gasteiger partial charge < -0.3 is 10.2 Å². The Kier molecular flexibility index (Phi) is 6.52. The van der Waals surface area contributed by atoms with Gasteiger partial charge in [-0.2, -0.15) is 5.26 Å². The van der Waals surface area contributed by atoms with Crippen LogP contribution in [-0.4, -0.2) is 38.6 Å². The van der Waals surface area contributed by atoms with Gasteiger partial charge in [0.15, 0.2) is 0 Å². The highest BCUT2D eigenvalue weighted by atomic mass is 15.1. The molecule has 3 nitrogen and oxygen atoms in total. The molecule has 0 aliphatic carbocycles. The van der Waals surface area contributed by atoms with Crippen LogP contribution in [0.5, 0.6) is 0 Å². The molecule has 0 aromatic rings. The van der Waals surface area contributed by atoms with E-state index in [0.29, 0.717) is 0 Å². The van der Waals surface area contributed by atoms with Gasteiger partial charge >= 0.3 is 0 Å². The van der Waals surface area contributed by atoms with E-state index in [9.17, 15) is 0 Å². The monoisotopic (exact) mass is 197 g/mol. The summed E-state index contributed by atoms with van der Waals surface area (Å²) in [5, 5.41) is 12.2. The van der Waals surface area contributed by atoms with Crippen LogP contribution in [0.3, 0.4) is 0 Å². The first-order chi connectivity index (χ1) is 6.48. The van der Waals surface area contributed by atoms with Crippen LogP contribution in [0, 0.1) is 16.7 Å².